The zero-order valence-electron chi connectivity index (χ0n) is 23.0. The lowest BCUT2D eigenvalue weighted by molar-refractivity contribution is -0.137. The van der Waals surface area contributed by atoms with Crippen LogP contribution in [0.2, 0.25) is 0 Å². The van der Waals surface area contributed by atoms with Crippen LogP contribution in [0.15, 0.2) is 67.3 Å². The van der Waals surface area contributed by atoms with E-state index in [1.54, 1.807) is 38.0 Å². The molecule has 0 aliphatic heterocycles. The van der Waals surface area contributed by atoms with Gasteiger partial charge in [-0.25, -0.2) is 9.97 Å². The number of benzene rings is 2. The first-order valence-electron chi connectivity index (χ1n) is 12.4. The van der Waals surface area contributed by atoms with Crippen molar-refractivity contribution in [2.75, 3.05) is 42.4 Å². The number of hydrogen-bond donors (Lipinski definition) is 4. The Morgan fingerprint density at radius 2 is 1.73 bits per heavy atom. The van der Waals surface area contributed by atoms with E-state index in [1.165, 1.54) is 6.33 Å². The van der Waals surface area contributed by atoms with Gasteiger partial charge in [-0.3, -0.25) is 0 Å². The quantitative estimate of drug-likeness (QED) is 0.187. The molecule has 40 heavy (non-hydrogen) atoms. The second-order valence-electron chi connectivity index (χ2n) is 9.63. The van der Waals surface area contributed by atoms with Crippen molar-refractivity contribution < 1.29 is 13.2 Å². The Hall–Kier alpha value is -4.58. The van der Waals surface area contributed by atoms with Gasteiger partial charge in [0.25, 0.3) is 0 Å². The van der Waals surface area contributed by atoms with Crippen LogP contribution in [-0.4, -0.2) is 45.8 Å². The van der Waals surface area contributed by atoms with Crippen LogP contribution in [0.25, 0.3) is 5.82 Å². The van der Waals surface area contributed by atoms with Crippen LogP contribution >= 0.6 is 0 Å². The number of halogens is 3. The van der Waals surface area contributed by atoms with Crippen molar-refractivity contribution in [1.82, 2.24) is 24.6 Å². The highest BCUT2D eigenvalue weighted by Gasteiger charge is 2.31. The zero-order valence-corrected chi connectivity index (χ0v) is 23.0. The van der Waals surface area contributed by atoms with Crippen LogP contribution in [-0.2, 0) is 12.7 Å². The van der Waals surface area contributed by atoms with Gasteiger partial charge in [0, 0.05) is 42.8 Å². The molecule has 210 valence electrons. The minimum atomic E-state index is -4.46. The van der Waals surface area contributed by atoms with E-state index in [-0.39, 0.29) is 0 Å². The van der Waals surface area contributed by atoms with Crippen molar-refractivity contribution in [3.8, 4) is 5.82 Å². The molecule has 4 aromatic rings. The molecule has 0 saturated carbocycles. The number of anilines is 5. The van der Waals surface area contributed by atoms with E-state index >= 15 is 0 Å². The normalized spacial score (nSPS) is 11.4. The van der Waals surface area contributed by atoms with Crippen molar-refractivity contribution in [2.24, 2.45) is 0 Å². The monoisotopic (exact) mass is 551 g/mol. The van der Waals surface area contributed by atoms with Crippen molar-refractivity contribution >= 4 is 28.7 Å². The first-order chi connectivity index (χ1) is 18.9. The second-order valence-corrected chi connectivity index (χ2v) is 9.63. The Morgan fingerprint density at radius 3 is 2.42 bits per heavy atom. The maximum atomic E-state index is 13.5. The van der Waals surface area contributed by atoms with Crippen LogP contribution in [0.3, 0.4) is 0 Å². The van der Waals surface area contributed by atoms with Gasteiger partial charge in [0.1, 0.15) is 23.8 Å². The molecule has 12 heteroatoms. The third-order valence-electron chi connectivity index (χ3n) is 5.87. The van der Waals surface area contributed by atoms with E-state index in [2.05, 4.69) is 42.9 Å². The molecule has 4 rings (SSSR count). The molecule has 0 bridgehead atoms. The van der Waals surface area contributed by atoms with E-state index in [0.717, 1.165) is 29.1 Å². The first-order valence-corrected chi connectivity index (χ1v) is 12.4. The number of rotatable bonds is 10. The zero-order chi connectivity index (χ0) is 29.0. The smallest absolute Gasteiger partial charge is 0.373 e. The lowest BCUT2D eigenvalue weighted by atomic mass is 10.1. The average molecular weight is 552 g/mol. The lowest BCUT2D eigenvalue weighted by Crippen LogP contribution is -2.14. The molecule has 2 aromatic heterocycles. The summed E-state index contributed by atoms with van der Waals surface area (Å²) in [7, 11) is 5.39. The molecular weight excluding hydrogens is 519 g/mol. The molecule has 9 nitrogen and oxygen atoms in total. The fraction of sp³-hybridized carbons (Fsp3) is 0.250. The Balaban J connectivity index is 1.54. The van der Waals surface area contributed by atoms with Crippen molar-refractivity contribution in [1.29, 1.82) is 0 Å². The van der Waals surface area contributed by atoms with Gasteiger partial charge in [-0.05, 0) is 69.4 Å². The van der Waals surface area contributed by atoms with Gasteiger partial charge in [0.2, 0.25) is 0 Å². The molecule has 0 amide bonds. The van der Waals surface area contributed by atoms with Gasteiger partial charge < -0.3 is 26.2 Å². The standard InChI is InChI=1S/C28H32F3N9/c1-17-7-8-22(35-19(3)36-23-11-20(15-39(5)6)10-21(12-23)28(29,30)31)13-24(17)37-27-9-18(2)38-40(27)26-14-25(32-4)33-16-34-26/h7-14,16,35-37H,3,15H2,1-2,4-6H3,(H,32,33,34). The predicted molar refractivity (Wildman–Crippen MR) is 153 cm³/mol. The van der Waals surface area contributed by atoms with Crippen LogP contribution in [0.1, 0.15) is 22.4 Å². The summed E-state index contributed by atoms with van der Waals surface area (Å²) < 4.78 is 42.2. The van der Waals surface area contributed by atoms with Gasteiger partial charge >= 0.3 is 6.18 Å². The highest BCUT2D eigenvalue weighted by Crippen LogP contribution is 2.33. The summed E-state index contributed by atoms with van der Waals surface area (Å²) >= 11 is 0. The fourth-order valence-corrected chi connectivity index (χ4v) is 4.10. The fourth-order valence-electron chi connectivity index (χ4n) is 4.10. The molecule has 2 heterocycles. The van der Waals surface area contributed by atoms with E-state index < -0.39 is 11.7 Å². The number of aromatic nitrogens is 4. The summed E-state index contributed by atoms with van der Waals surface area (Å²) in [6.07, 6.45) is -3.00. The molecule has 0 spiro atoms. The Kier molecular flexibility index (Phi) is 8.29. The van der Waals surface area contributed by atoms with Gasteiger partial charge in [-0.2, -0.15) is 23.0 Å². The number of nitrogens with one attached hydrogen (secondary N) is 4. The van der Waals surface area contributed by atoms with Crippen LogP contribution in [0.5, 0.6) is 0 Å². The van der Waals surface area contributed by atoms with Gasteiger partial charge in [0.15, 0.2) is 5.82 Å². The highest BCUT2D eigenvalue weighted by molar-refractivity contribution is 5.69. The topological polar surface area (TPSA) is 95.0 Å². The molecule has 2 aromatic carbocycles. The van der Waals surface area contributed by atoms with Gasteiger partial charge in [-0.15, -0.1) is 0 Å². The maximum absolute atomic E-state index is 13.5. The minimum Gasteiger partial charge on any atom is -0.373 e. The summed E-state index contributed by atoms with van der Waals surface area (Å²) in [5, 5.41) is 17.1. The molecule has 0 aliphatic rings. The molecule has 0 radical (unpaired) electrons. The number of hydrogen-bond acceptors (Lipinski definition) is 8. The summed E-state index contributed by atoms with van der Waals surface area (Å²) in [4.78, 5) is 10.3. The molecule has 0 aliphatic carbocycles. The Labute approximate surface area is 231 Å². The number of nitrogens with zero attached hydrogens (tertiary/aromatic N) is 5. The van der Waals surface area contributed by atoms with E-state index in [9.17, 15) is 13.2 Å². The molecule has 0 unspecified atom stereocenters. The number of alkyl halides is 3. The van der Waals surface area contributed by atoms with Crippen LogP contribution < -0.4 is 21.3 Å². The van der Waals surface area contributed by atoms with Crippen LogP contribution in [0.4, 0.5) is 41.9 Å². The van der Waals surface area contributed by atoms with E-state index in [1.807, 2.05) is 43.0 Å². The van der Waals surface area contributed by atoms with E-state index in [4.69, 9.17) is 0 Å². The average Bonchev–Trinajstić information content (AvgIpc) is 3.24. The molecule has 0 saturated heterocycles. The van der Waals surface area contributed by atoms with E-state index in [0.29, 0.717) is 46.8 Å². The molecular formula is C28H32F3N9. The maximum Gasteiger partial charge on any atom is 0.416 e. The van der Waals surface area contributed by atoms with Crippen molar-refractivity contribution in [3.05, 3.63) is 89.6 Å². The summed E-state index contributed by atoms with van der Waals surface area (Å²) in [6.45, 7) is 8.19. The van der Waals surface area contributed by atoms with Crippen molar-refractivity contribution in [2.45, 2.75) is 26.6 Å². The lowest BCUT2D eigenvalue weighted by Gasteiger charge is -2.18. The summed E-state index contributed by atoms with van der Waals surface area (Å²) in [6, 6.07) is 13.3. The molecule has 0 atom stereocenters. The van der Waals surface area contributed by atoms with Gasteiger partial charge in [0.05, 0.1) is 11.3 Å². The minimum absolute atomic E-state index is 0.291. The Morgan fingerprint density at radius 1 is 0.975 bits per heavy atom. The van der Waals surface area contributed by atoms with Crippen molar-refractivity contribution in [3.63, 3.8) is 0 Å². The second kappa shape index (κ2) is 11.7. The van der Waals surface area contributed by atoms with Gasteiger partial charge in [-0.1, -0.05) is 12.6 Å². The summed E-state index contributed by atoms with van der Waals surface area (Å²) in [5.74, 6) is 2.28. The van der Waals surface area contributed by atoms with Crippen LogP contribution in [0, 0.1) is 13.8 Å². The largest absolute Gasteiger partial charge is 0.416 e. The third kappa shape index (κ3) is 7.08. The first kappa shape index (κ1) is 28.4. The molecule has 0 fully saturated rings. The highest BCUT2D eigenvalue weighted by atomic mass is 19.4. The predicted octanol–water partition coefficient (Wildman–Crippen LogP) is 6.14. The molecule has 4 N–H and O–H groups in total. The summed E-state index contributed by atoms with van der Waals surface area (Å²) in [5.41, 5.74) is 3.36. The SMILES string of the molecule is C=C(Nc1cc(CN(C)C)cc(C(F)(F)F)c1)Nc1ccc(C)c(Nc2cc(C)nn2-c2cc(NC)ncn2)c1. The number of aryl methyl sites for hydroxylation is 2. The Bertz CT molecular complexity index is 1510. The third-order valence-corrected chi connectivity index (χ3v) is 5.87.